The summed E-state index contributed by atoms with van der Waals surface area (Å²) in [6, 6.07) is 14.6. The second-order valence-corrected chi connectivity index (χ2v) is 7.39. The zero-order chi connectivity index (χ0) is 19.5. The fraction of sp³-hybridized carbons (Fsp3) is 0.348. The first kappa shape index (κ1) is 18.4. The first-order valence-corrected chi connectivity index (χ1v) is 9.85. The van der Waals surface area contributed by atoms with Gasteiger partial charge in [-0.2, -0.15) is 0 Å². The van der Waals surface area contributed by atoms with Crippen LogP contribution in [-0.2, 0) is 9.53 Å². The highest BCUT2D eigenvalue weighted by atomic mass is 16.5. The molecule has 28 heavy (non-hydrogen) atoms. The molecule has 1 saturated carbocycles. The van der Waals surface area contributed by atoms with Crippen molar-refractivity contribution in [1.29, 1.82) is 0 Å². The van der Waals surface area contributed by atoms with E-state index in [0.29, 0.717) is 5.56 Å². The van der Waals surface area contributed by atoms with Crippen molar-refractivity contribution in [2.75, 3.05) is 7.11 Å². The van der Waals surface area contributed by atoms with Crippen LogP contribution in [0.5, 0.6) is 0 Å². The highest BCUT2D eigenvalue weighted by Crippen LogP contribution is 2.29. The van der Waals surface area contributed by atoms with Crippen molar-refractivity contribution in [2.24, 2.45) is 5.92 Å². The van der Waals surface area contributed by atoms with E-state index in [-0.39, 0.29) is 17.8 Å². The highest BCUT2D eigenvalue weighted by Gasteiger charge is 2.32. The molecule has 1 amide bonds. The number of nitrogens with zero attached hydrogens (tertiary/aromatic N) is 1. The van der Waals surface area contributed by atoms with E-state index in [1.807, 2.05) is 48.5 Å². The largest absolute Gasteiger partial charge is 0.467 e. The second-order valence-electron chi connectivity index (χ2n) is 7.39. The molecular weight excluding hydrogens is 352 g/mol. The Morgan fingerprint density at radius 2 is 1.54 bits per heavy atom. The Bertz CT molecular complexity index is 971. The maximum absolute atomic E-state index is 13.4. The molecule has 5 nitrogen and oxygen atoms in total. The van der Waals surface area contributed by atoms with Crippen LogP contribution >= 0.6 is 0 Å². The molecule has 1 N–H and O–H groups in total. The summed E-state index contributed by atoms with van der Waals surface area (Å²) in [6.07, 6.45) is 5.19. The topological polar surface area (TPSA) is 68.3 Å². The van der Waals surface area contributed by atoms with Gasteiger partial charge >= 0.3 is 5.97 Å². The lowest BCUT2D eigenvalue weighted by Crippen LogP contribution is -2.47. The van der Waals surface area contributed by atoms with Gasteiger partial charge in [-0.1, -0.05) is 55.7 Å². The van der Waals surface area contributed by atoms with Crippen LogP contribution in [-0.4, -0.2) is 30.0 Å². The van der Waals surface area contributed by atoms with Gasteiger partial charge in [0.05, 0.1) is 23.7 Å². The summed E-state index contributed by atoms with van der Waals surface area (Å²) in [6.45, 7) is 0. The number of para-hydroxylation sites is 2. The van der Waals surface area contributed by atoms with Crippen LogP contribution in [0, 0.1) is 5.92 Å². The van der Waals surface area contributed by atoms with Crippen molar-refractivity contribution in [3.63, 3.8) is 0 Å². The lowest BCUT2D eigenvalue weighted by Gasteiger charge is -2.29. The molecule has 0 radical (unpaired) electrons. The Morgan fingerprint density at radius 3 is 2.11 bits per heavy atom. The Morgan fingerprint density at radius 1 is 0.964 bits per heavy atom. The molecule has 0 bridgehead atoms. The van der Waals surface area contributed by atoms with Gasteiger partial charge in [0.1, 0.15) is 6.04 Å². The van der Waals surface area contributed by atoms with Crippen molar-refractivity contribution < 1.29 is 14.3 Å². The minimum absolute atomic E-state index is 0.115. The van der Waals surface area contributed by atoms with Crippen LogP contribution in [0.2, 0.25) is 0 Å². The third-order valence-electron chi connectivity index (χ3n) is 5.68. The van der Waals surface area contributed by atoms with Crippen molar-refractivity contribution in [3.8, 4) is 0 Å². The average Bonchev–Trinajstić information content (AvgIpc) is 2.75. The zero-order valence-corrected chi connectivity index (χ0v) is 16.0. The molecule has 3 aromatic rings. The van der Waals surface area contributed by atoms with Gasteiger partial charge < -0.3 is 10.1 Å². The summed E-state index contributed by atoms with van der Waals surface area (Å²) in [5, 5.41) is 4.56. The molecular formula is C23H24N2O3. The van der Waals surface area contributed by atoms with E-state index in [0.717, 1.165) is 47.5 Å². The van der Waals surface area contributed by atoms with Crippen LogP contribution in [0.1, 0.15) is 42.5 Å². The molecule has 0 unspecified atom stereocenters. The van der Waals surface area contributed by atoms with Gasteiger partial charge in [0.2, 0.25) is 0 Å². The molecule has 1 heterocycles. The number of rotatable bonds is 4. The number of hydrogen-bond acceptors (Lipinski definition) is 4. The third kappa shape index (κ3) is 3.44. The Labute approximate surface area is 164 Å². The van der Waals surface area contributed by atoms with Crippen molar-refractivity contribution in [3.05, 3.63) is 54.1 Å². The SMILES string of the molecule is COC(=O)[C@@H](NC(=O)c1c2ccccc2nc2ccccc12)C1CCCCC1. The molecule has 0 aliphatic heterocycles. The van der Waals surface area contributed by atoms with Crippen LogP contribution in [0.25, 0.3) is 21.8 Å². The molecule has 0 spiro atoms. The molecule has 1 aliphatic carbocycles. The molecule has 1 fully saturated rings. The van der Waals surface area contributed by atoms with Gasteiger partial charge in [0, 0.05) is 10.8 Å². The Hall–Kier alpha value is -2.95. The normalized spacial score (nSPS) is 16.0. The lowest BCUT2D eigenvalue weighted by atomic mass is 9.83. The number of benzene rings is 2. The van der Waals surface area contributed by atoms with E-state index in [1.165, 1.54) is 13.5 Å². The van der Waals surface area contributed by atoms with Gasteiger partial charge in [-0.3, -0.25) is 4.79 Å². The molecule has 1 atom stereocenters. The number of aromatic nitrogens is 1. The monoisotopic (exact) mass is 376 g/mol. The van der Waals surface area contributed by atoms with Crippen molar-refractivity contribution in [1.82, 2.24) is 10.3 Å². The minimum atomic E-state index is -0.622. The van der Waals surface area contributed by atoms with E-state index in [9.17, 15) is 9.59 Å². The minimum Gasteiger partial charge on any atom is -0.467 e. The maximum Gasteiger partial charge on any atom is 0.328 e. The predicted molar refractivity (Wildman–Crippen MR) is 109 cm³/mol. The van der Waals surface area contributed by atoms with Crippen LogP contribution in [0.15, 0.2) is 48.5 Å². The standard InChI is InChI=1S/C23H24N2O3/c1-28-23(27)21(15-9-3-2-4-10-15)25-22(26)20-16-11-5-7-13-18(16)24-19-14-8-6-12-17(19)20/h5-8,11-15,21H,2-4,9-10H2,1H3,(H,25,26)/t21-/m0/s1. The number of ether oxygens (including phenoxy) is 1. The first-order chi connectivity index (χ1) is 13.7. The van der Waals surface area contributed by atoms with Crippen LogP contribution < -0.4 is 5.32 Å². The van der Waals surface area contributed by atoms with Gasteiger partial charge in [-0.05, 0) is 30.9 Å². The number of methoxy groups -OCH3 is 1. The Kier molecular flexibility index (Phi) is 5.24. The van der Waals surface area contributed by atoms with Gasteiger partial charge in [-0.15, -0.1) is 0 Å². The van der Waals surface area contributed by atoms with Crippen molar-refractivity contribution >= 4 is 33.7 Å². The zero-order valence-electron chi connectivity index (χ0n) is 16.0. The van der Waals surface area contributed by atoms with E-state index >= 15 is 0 Å². The number of hydrogen-bond donors (Lipinski definition) is 1. The summed E-state index contributed by atoms with van der Waals surface area (Å²) < 4.78 is 5.01. The number of carbonyl (C=O) groups excluding carboxylic acids is 2. The number of amides is 1. The van der Waals surface area contributed by atoms with E-state index in [1.54, 1.807) is 0 Å². The van der Waals surface area contributed by atoms with E-state index in [4.69, 9.17) is 4.74 Å². The molecule has 1 aliphatic rings. The third-order valence-corrected chi connectivity index (χ3v) is 5.68. The van der Waals surface area contributed by atoms with E-state index < -0.39 is 6.04 Å². The van der Waals surface area contributed by atoms with Crippen LogP contribution in [0.3, 0.4) is 0 Å². The fourth-order valence-corrected chi connectivity index (χ4v) is 4.26. The van der Waals surface area contributed by atoms with Gasteiger partial charge in [0.15, 0.2) is 0 Å². The molecule has 2 aromatic carbocycles. The molecule has 5 heteroatoms. The van der Waals surface area contributed by atoms with Crippen molar-refractivity contribution in [2.45, 2.75) is 38.1 Å². The molecule has 0 saturated heterocycles. The quantitative estimate of drug-likeness (QED) is 0.546. The molecule has 1 aromatic heterocycles. The summed E-state index contributed by atoms with van der Waals surface area (Å²) in [5.41, 5.74) is 2.09. The first-order valence-electron chi connectivity index (χ1n) is 9.85. The number of esters is 1. The fourth-order valence-electron chi connectivity index (χ4n) is 4.26. The number of fused-ring (bicyclic) bond motifs is 2. The highest BCUT2D eigenvalue weighted by molar-refractivity contribution is 6.16. The predicted octanol–water partition coefficient (Wildman–Crippen LogP) is 4.24. The lowest BCUT2D eigenvalue weighted by molar-refractivity contribution is -0.144. The average molecular weight is 376 g/mol. The number of carbonyl (C=O) groups is 2. The second kappa shape index (κ2) is 7.97. The maximum atomic E-state index is 13.4. The smallest absolute Gasteiger partial charge is 0.328 e. The summed E-state index contributed by atoms with van der Waals surface area (Å²) in [4.78, 5) is 30.5. The summed E-state index contributed by atoms with van der Waals surface area (Å²) in [5.74, 6) is -0.511. The number of pyridine rings is 1. The van der Waals surface area contributed by atoms with E-state index in [2.05, 4.69) is 10.3 Å². The summed E-state index contributed by atoms with van der Waals surface area (Å²) in [7, 11) is 1.38. The summed E-state index contributed by atoms with van der Waals surface area (Å²) >= 11 is 0. The number of nitrogens with one attached hydrogen (secondary N) is 1. The van der Waals surface area contributed by atoms with Gasteiger partial charge in [-0.25, -0.2) is 9.78 Å². The Balaban J connectivity index is 1.77. The molecule has 144 valence electrons. The molecule has 4 rings (SSSR count). The van der Waals surface area contributed by atoms with Crippen LogP contribution in [0.4, 0.5) is 0 Å². The van der Waals surface area contributed by atoms with Gasteiger partial charge in [0.25, 0.3) is 5.91 Å².